The standard InChI is InChI=1S/C13H12N2O2S/c16-12-7-15(13(17)5-14-12)6-9-8-18-11-4-2-1-3-10(9)11/h1-4,8H,5-7H2,(H,14,16). The molecule has 5 heteroatoms. The molecule has 0 saturated carbocycles. The van der Waals surface area contributed by atoms with Gasteiger partial charge in [-0.3, -0.25) is 9.59 Å². The van der Waals surface area contributed by atoms with Gasteiger partial charge in [-0.2, -0.15) is 0 Å². The fourth-order valence-electron chi connectivity index (χ4n) is 2.11. The molecule has 1 aromatic carbocycles. The number of fused-ring (bicyclic) bond motifs is 1. The molecule has 0 radical (unpaired) electrons. The Balaban J connectivity index is 1.87. The van der Waals surface area contributed by atoms with Crippen LogP contribution in [0.5, 0.6) is 0 Å². The Bertz CT molecular complexity index is 620. The average Bonchev–Trinajstić information content (AvgIpc) is 2.78. The second-order valence-electron chi connectivity index (χ2n) is 4.28. The molecule has 2 aromatic rings. The Kier molecular flexibility index (Phi) is 2.76. The molecule has 1 fully saturated rings. The summed E-state index contributed by atoms with van der Waals surface area (Å²) in [6.45, 7) is 0.778. The molecular formula is C13H12N2O2S. The van der Waals surface area contributed by atoms with Gasteiger partial charge in [0, 0.05) is 11.2 Å². The van der Waals surface area contributed by atoms with E-state index in [0.29, 0.717) is 6.54 Å². The van der Waals surface area contributed by atoms with E-state index in [0.717, 1.165) is 5.56 Å². The summed E-state index contributed by atoms with van der Waals surface area (Å²) in [7, 11) is 0. The number of piperazine rings is 1. The largest absolute Gasteiger partial charge is 0.345 e. The molecular weight excluding hydrogens is 248 g/mol. The van der Waals surface area contributed by atoms with Crippen LogP contribution in [0.1, 0.15) is 5.56 Å². The summed E-state index contributed by atoms with van der Waals surface area (Å²) < 4.78 is 1.21. The summed E-state index contributed by atoms with van der Waals surface area (Å²) in [4.78, 5) is 24.6. The lowest BCUT2D eigenvalue weighted by molar-refractivity contribution is -0.141. The van der Waals surface area contributed by atoms with E-state index in [1.54, 1.807) is 16.2 Å². The van der Waals surface area contributed by atoms with E-state index in [2.05, 4.69) is 22.8 Å². The van der Waals surface area contributed by atoms with Crippen LogP contribution in [0.2, 0.25) is 0 Å². The smallest absolute Gasteiger partial charge is 0.242 e. The van der Waals surface area contributed by atoms with Crippen molar-refractivity contribution >= 4 is 33.2 Å². The summed E-state index contributed by atoms with van der Waals surface area (Å²) in [5.41, 5.74) is 1.11. The first kappa shape index (κ1) is 11.2. The minimum absolute atomic E-state index is 0.0233. The molecule has 0 unspecified atom stereocenters. The van der Waals surface area contributed by atoms with Crippen LogP contribution in [0.25, 0.3) is 10.1 Å². The van der Waals surface area contributed by atoms with Gasteiger partial charge < -0.3 is 10.2 Å². The number of hydrogen-bond acceptors (Lipinski definition) is 3. The quantitative estimate of drug-likeness (QED) is 0.886. The number of rotatable bonds is 2. The van der Waals surface area contributed by atoms with Gasteiger partial charge >= 0.3 is 0 Å². The van der Waals surface area contributed by atoms with Crippen molar-refractivity contribution < 1.29 is 9.59 Å². The van der Waals surface area contributed by atoms with E-state index in [1.807, 2.05) is 12.1 Å². The van der Waals surface area contributed by atoms with Crippen LogP contribution < -0.4 is 5.32 Å². The number of nitrogens with zero attached hydrogens (tertiary/aromatic N) is 1. The molecule has 92 valence electrons. The van der Waals surface area contributed by atoms with Crippen molar-refractivity contribution in [2.45, 2.75) is 6.54 Å². The normalized spacial score (nSPS) is 16.1. The summed E-state index contributed by atoms with van der Waals surface area (Å²) in [6.07, 6.45) is 0. The van der Waals surface area contributed by atoms with Gasteiger partial charge in [0.1, 0.15) is 0 Å². The zero-order valence-electron chi connectivity index (χ0n) is 9.68. The van der Waals surface area contributed by atoms with Crippen LogP contribution in [0.15, 0.2) is 29.6 Å². The molecule has 0 bridgehead atoms. The van der Waals surface area contributed by atoms with Gasteiger partial charge in [0.2, 0.25) is 11.8 Å². The Morgan fingerprint density at radius 3 is 3.00 bits per heavy atom. The Hall–Kier alpha value is -1.88. The van der Waals surface area contributed by atoms with E-state index < -0.39 is 0 Å². The summed E-state index contributed by atoms with van der Waals surface area (Å²) in [5, 5.41) is 5.78. The number of thiophene rings is 1. The van der Waals surface area contributed by atoms with Gasteiger partial charge in [-0.25, -0.2) is 0 Å². The van der Waals surface area contributed by atoms with Gasteiger partial charge in [0.15, 0.2) is 0 Å². The highest BCUT2D eigenvalue weighted by atomic mass is 32.1. The van der Waals surface area contributed by atoms with Crippen molar-refractivity contribution in [3.63, 3.8) is 0 Å². The third-order valence-corrected chi connectivity index (χ3v) is 4.06. The van der Waals surface area contributed by atoms with Crippen molar-refractivity contribution in [2.75, 3.05) is 13.1 Å². The molecule has 18 heavy (non-hydrogen) atoms. The summed E-state index contributed by atoms with van der Waals surface area (Å²) in [6, 6.07) is 8.11. The van der Waals surface area contributed by atoms with Crippen molar-refractivity contribution in [3.05, 3.63) is 35.2 Å². The number of benzene rings is 1. The van der Waals surface area contributed by atoms with Gasteiger partial charge in [-0.1, -0.05) is 18.2 Å². The van der Waals surface area contributed by atoms with Crippen LogP contribution in [0.4, 0.5) is 0 Å². The maximum atomic E-state index is 11.7. The highest BCUT2D eigenvalue weighted by Gasteiger charge is 2.23. The fraction of sp³-hybridized carbons (Fsp3) is 0.231. The van der Waals surface area contributed by atoms with E-state index >= 15 is 0 Å². The third kappa shape index (κ3) is 1.97. The monoisotopic (exact) mass is 260 g/mol. The predicted molar refractivity (Wildman–Crippen MR) is 70.3 cm³/mol. The van der Waals surface area contributed by atoms with Crippen molar-refractivity contribution in [2.24, 2.45) is 0 Å². The third-order valence-electron chi connectivity index (χ3n) is 3.05. The number of amides is 2. The zero-order chi connectivity index (χ0) is 12.5. The second kappa shape index (κ2) is 4.42. The highest BCUT2D eigenvalue weighted by molar-refractivity contribution is 7.17. The molecule has 1 saturated heterocycles. The number of carbonyl (C=O) groups excluding carboxylic acids is 2. The lowest BCUT2D eigenvalue weighted by atomic mass is 10.1. The van der Waals surface area contributed by atoms with Crippen LogP contribution in [-0.4, -0.2) is 29.8 Å². The molecule has 1 N–H and O–H groups in total. The van der Waals surface area contributed by atoms with Gasteiger partial charge in [-0.05, 0) is 22.4 Å². The number of hydrogen-bond donors (Lipinski definition) is 1. The first-order valence-corrected chi connectivity index (χ1v) is 6.61. The molecule has 1 aliphatic rings. The Labute approximate surface area is 108 Å². The molecule has 1 aliphatic heterocycles. The zero-order valence-corrected chi connectivity index (χ0v) is 10.5. The van der Waals surface area contributed by atoms with Gasteiger partial charge in [0.05, 0.1) is 13.1 Å². The maximum Gasteiger partial charge on any atom is 0.242 e. The minimum Gasteiger partial charge on any atom is -0.345 e. The van der Waals surface area contributed by atoms with Gasteiger partial charge in [-0.15, -0.1) is 11.3 Å². The number of nitrogens with one attached hydrogen (secondary N) is 1. The van der Waals surface area contributed by atoms with Crippen LogP contribution in [0.3, 0.4) is 0 Å². The summed E-state index contributed by atoms with van der Waals surface area (Å²) >= 11 is 1.67. The van der Waals surface area contributed by atoms with Crippen molar-refractivity contribution in [1.29, 1.82) is 0 Å². The average molecular weight is 260 g/mol. The highest BCUT2D eigenvalue weighted by Crippen LogP contribution is 2.26. The van der Waals surface area contributed by atoms with Gasteiger partial charge in [0.25, 0.3) is 0 Å². The fourth-order valence-corrected chi connectivity index (χ4v) is 3.06. The van der Waals surface area contributed by atoms with E-state index in [1.165, 1.54) is 10.1 Å². The van der Waals surface area contributed by atoms with Crippen molar-refractivity contribution in [1.82, 2.24) is 10.2 Å². The first-order chi connectivity index (χ1) is 8.74. The SMILES string of the molecule is O=C1CN(Cc2csc3ccccc23)C(=O)CN1. The lowest BCUT2D eigenvalue weighted by Crippen LogP contribution is -2.50. The van der Waals surface area contributed by atoms with Crippen LogP contribution in [-0.2, 0) is 16.1 Å². The number of carbonyl (C=O) groups is 2. The van der Waals surface area contributed by atoms with E-state index in [9.17, 15) is 9.59 Å². The van der Waals surface area contributed by atoms with E-state index in [-0.39, 0.29) is 24.9 Å². The first-order valence-electron chi connectivity index (χ1n) is 5.73. The molecule has 2 heterocycles. The molecule has 1 aromatic heterocycles. The molecule has 2 amide bonds. The van der Waals surface area contributed by atoms with E-state index in [4.69, 9.17) is 0 Å². The summed E-state index contributed by atoms with van der Waals surface area (Å²) in [5.74, 6) is -0.112. The van der Waals surface area contributed by atoms with Crippen molar-refractivity contribution in [3.8, 4) is 0 Å². The Morgan fingerprint density at radius 2 is 2.11 bits per heavy atom. The topological polar surface area (TPSA) is 49.4 Å². The lowest BCUT2D eigenvalue weighted by Gasteiger charge is -2.26. The molecule has 0 spiro atoms. The predicted octanol–water partition coefficient (Wildman–Crippen LogP) is 1.36. The second-order valence-corrected chi connectivity index (χ2v) is 5.19. The maximum absolute atomic E-state index is 11.7. The molecule has 3 rings (SSSR count). The molecule has 4 nitrogen and oxygen atoms in total. The van der Waals surface area contributed by atoms with Crippen LogP contribution in [0, 0.1) is 0 Å². The Morgan fingerprint density at radius 1 is 1.28 bits per heavy atom. The minimum atomic E-state index is -0.0888. The molecule has 0 atom stereocenters. The van der Waals surface area contributed by atoms with Crippen LogP contribution >= 0.6 is 11.3 Å². The molecule has 0 aliphatic carbocycles.